The molecule has 0 aromatic heterocycles. The van der Waals surface area contributed by atoms with Crippen molar-refractivity contribution < 1.29 is 9.53 Å². The number of rotatable bonds is 6. The fourth-order valence-corrected chi connectivity index (χ4v) is 2.70. The van der Waals surface area contributed by atoms with Crippen LogP contribution in [0, 0.1) is 0 Å². The molecule has 1 aromatic carbocycles. The zero-order valence-corrected chi connectivity index (χ0v) is 12.6. The maximum Gasteiger partial charge on any atom is 0.220 e. The monoisotopic (exact) mass is 325 g/mol. The van der Waals surface area contributed by atoms with E-state index in [1.54, 1.807) is 0 Å². The molecule has 2 atom stereocenters. The average Bonchev–Trinajstić information content (AvgIpc) is 2.96. The molecule has 3 nitrogen and oxygen atoms in total. The summed E-state index contributed by atoms with van der Waals surface area (Å²) in [6.45, 7) is 1.47. The molecule has 4 heteroatoms. The zero-order valence-electron chi connectivity index (χ0n) is 11.0. The van der Waals surface area contributed by atoms with Gasteiger partial charge in [-0.25, -0.2) is 0 Å². The number of benzene rings is 1. The van der Waals surface area contributed by atoms with Gasteiger partial charge in [0.05, 0.1) is 10.9 Å². The Morgan fingerprint density at radius 1 is 1.42 bits per heavy atom. The van der Waals surface area contributed by atoms with Crippen molar-refractivity contribution >= 4 is 21.8 Å². The summed E-state index contributed by atoms with van der Waals surface area (Å²) in [7, 11) is 0. The van der Waals surface area contributed by atoms with Crippen LogP contribution in [0.5, 0.6) is 0 Å². The molecule has 1 N–H and O–H groups in total. The van der Waals surface area contributed by atoms with E-state index in [1.807, 2.05) is 18.2 Å². The predicted octanol–water partition coefficient (Wildman–Crippen LogP) is 3.20. The van der Waals surface area contributed by atoms with Crippen molar-refractivity contribution in [1.82, 2.24) is 5.32 Å². The highest BCUT2D eigenvalue weighted by Gasteiger charge is 2.17. The van der Waals surface area contributed by atoms with Gasteiger partial charge in [-0.15, -0.1) is 0 Å². The van der Waals surface area contributed by atoms with Crippen LogP contribution < -0.4 is 5.32 Å². The highest BCUT2D eigenvalue weighted by atomic mass is 79.9. The maximum absolute atomic E-state index is 11.7. The number of amides is 1. The first-order valence-electron chi connectivity index (χ1n) is 6.83. The second-order valence-corrected chi connectivity index (χ2v) is 5.96. The number of carbonyl (C=O) groups is 1. The van der Waals surface area contributed by atoms with Crippen molar-refractivity contribution in [3.05, 3.63) is 35.9 Å². The van der Waals surface area contributed by atoms with Crippen molar-refractivity contribution in [3.8, 4) is 0 Å². The van der Waals surface area contributed by atoms with Crippen molar-refractivity contribution in [1.29, 1.82) is 0 Å². The molecular formula is C15H20BrNO2. The molecule has 1 saturated heterocycles. The molecule has 1 aliphatic heterocycles. The molecule has 1 amide bonds. The first-order valence-corrected chi connectivity index (χ1v) is 7.74. The SMILES string of the molecule is O=C(CCC1CCCO1)NCC(Br)c1ccccc1. The highest BCUT2D eigenvalue weighted by molar-refractivity contribution is 9.09. The summed E-state index contributed by atoms with van der Waals surface area (Å²) in [5.41, 5.74) is 1.18. The Kier molecular flexibility index (Phi) is 5.86. The van der Waals surface area contributed by atoms with Crippen LogP contribution in [0.1, 0.15) is 36.1 Å². The first-order chi connectivity index (χ1) is 9.25. The van der Waals surface area contributed by atoms with E-state index in [1.165, 1.54) is 5.56 Å². The van der Waals surface area contributed by atoms with E-state index in [4.69, 9.17) is 4.74 Å². The molecule has 0 bridgehead atoms. The number of alkyl halides is 1. The summed E-state index contributed by atoms with van der Waals surface area (Å²) < 4.78 is 5.51. The average molecular weight is 326 g/mol. The molecule has 2 rings (SSSR count). The number of carbonyl (C=O) groups excluding carboxylic acids is 1. The van der Waals surface area contributed by atoms with Crippen molar-refractivity contribution in [2.75, 3.05) is 13.2 Å². The van der Waals surface area contributed by atoms with Crippen molar-refractivity contribution in [2.24, 2.45) is 0 Å². The largest absolute Gasteiger partial charge is 0.378 e. The number of halogens is 1. The summed E-state index contributed by atoms with van der Waals surface area (Å²) in [6, 6.07) is 10.1. The quantitative estimate of drug-likeness (QED) is 0.816. The van der Waals surface area contributed by atoms with Gasteiger partial charge in [0.2, 0.25) is 5.91 Å². The highest BCUT2D eigenvalue weighted by Crippen LogP contribution is 2.21. The first kappa shape index (κ1) is 14.5. The second-order valence-electron chi connectivity index (χ2n) is 4.86. The number of hydrogen-bond donors (Lipinski definition) is 1. The Morgan fingerprint density at radius 3 is 2.89 bits per heavy atom. The summed E-state index contributed by atoms with van der Waals surface area (Å²) >= 11 is 3.59. The van der Waals surface area contributed by atoms with Crippen LogP contribution in [0.3, 0.4) is 0 Å². The third-order valence-electron chi connectivity index (χ3n) is 3.36. The lowest BCUT2D eigenvalue weighted by molar-refractivity contribution is -0.121. The van der Waals surface area contributed by atoms with E-state index in [-0.39, 0.29) is 10.7 Å². The Balaban J connectivity index is 1.65. The molecule has 19 heavy (non-hydrogen) atoms. The van der Waals surface area contributed by atoms with E-state index >= 15 is 0 Å². The molecule has 104 valence electrons. The van der Waals surface area contributed by atoms with Crippen LogP contribution in [0.25, 0.3) is 0 Å². The lowest BCUT2D eigenvalue weighted by Gasteiger charge is -2.12. The van der Waals surface area contributed by atoms with E-state index in [9.17, 15) is 4.79 Å². The maximum atomic E-state index is 11.7. The zero-order chi connectivity index (χ0) is 13.5. The van der Waals surface area contributed by atoms with E-state index in [0.717, 1.165) is 25.9 Å². The normalized spacial score (nSPS) is 20.2. The lowest BCUT2D eigenvalue weighted by Crippen LogP contribution is -2.27. The molecule has 1 aromatic rings. The van der Waals surface area contributed by atoms with Gasteiger partial charge in [0.1, 0.15) is 0 Å². The minimum atomic E-state index is 0.107. The van der Waals surface area contributed by atoms with Crippen molar-refractivity contribution in [3.63, 3.8) is 0 Å². The minimum absolute atomic E-state index is 0.107. The lowest BCUT2D eigenvalue weighted by atomic mass is 10.1. The standard InChI is InChI=1S/C15H20BrNO2/c16-14(12-5-2-1-3-6-12)11-17-15(18)9-8-13-7-4-10-19-13/h1-3,5-6,13-14H,4,7-11H2,(H,17,18). The predicted molar refractivity (Wildman–Crippen MR) is 79.3 cm³/mol. The molecule has 0 aliphatic carbocycles. The van der Waals surface area contributed by atoms with Crippen LogP contribution in [-0.4, -0.2) is 25.2 Å². The summed E-state index contributed by atoms with van der Waals surface area (Å²) in [5.74, 6) is 0.107. The molecule has 0 spiro atoms. The van der Waals surface area contributed by atoms with Gasteiger partial charge >= 0.3 is 0 Å². The third-order valence-corrected chi connectivity index (χ3v) is 4.21. The molecule has 1 heterocycles. The van der Waals surface area contributed by atoms with Gasteiger partial charge in [-0.2, -0.15) is 0 Å². The van der Waals surface area contributed by atoms with Gasteiger partial charge in [-0.05, 0) is 24.8 Å². The Bertz CT molecular complexity index is 390. The Hall–Kier alpha value is -0.870. The molecule has 2 unspecified atom stereocenters. The molecule has 1 fully saturated rings. The number of nitrogens with one attached hydrogen (secondary N) is 1. The fourth-order valence-electron chi connectivity index (χ4n) is 2.24. The van der Waals surface area contributed by atoms with Gasteiger partial charge < -0.3 is 10.1 Å². The van der Waals surface area contributed by atoms with Gasteiger partial charge in [0.15, 0.2) is 0 Å². The Morgan fingerprint density at radius 2 is 2.21 bits per heavy atom. The summed E-state index contributed by atoms with van der Waals surface area (Å²) in [4.78, 5) is 11.9. The van der Waals surface area contributed by atoms with Crippen molar-refractivity contribution in [2.45, 2.75) is 36.6 Å². The topological polar surface area (TPSA) is 38.3 Å². The van der Waals surface area contributed by atoms with Gasteiger partial charge in [-0.1, -0.05) is 46.3 Å². The fraction of sp³-hybridized carbons (Fsp3) is 0.533. The summed E-state index contributed by atoms with van der Waals surface area (Å²) in [6.07, 6.45) is 3.91. The van der Waals surface area contributed by atoms with Gasteiger partial charge in [0.25, 0.3) is 0 Å². The second kappa shape index (κ2) is 7.65. The van der Waals surface area contributed by atoms with Crippen LogP contribution in [0.15, 0.2) is 30.3 Å². The van der Waals surface area contributed by atoms with Crippen LogP contribution >= 0.6 is 15.9 Å². The van der Waals surface area contributed by atoms with Gasteiger partial charge in [-0.3, -0.25) is 4.79 Å². The smallest absolute Gasteiger partial charge is 0.220 e. The minimum Gasteiger partial charge on any atom is -0.378 e. The molecular weight excluding hydrogens is 306 g/mol. The molecule has 0 radical (unpaired) electrons. The van der Waals surface area contributed by atoms with Crippen LogP contribution in [0.4, 0.5) is 0 Å². The van der Waals surface area contributed by atoms with Crippen LogP contribution in [-0.2, 0) is 9.53 Å². The molecule has 0 saturated carbocycles. The summed E-state index contributed by atoms with van der Waals surface area (Å²) in [5, 5.41) is 2.96. The van der Waals surface area contributed by atoms with E-state index in [2.05, 4.69) is 33.4 Å². The van der Waals surface area contributed by atoms with Crippen LogP contribution in [0.2, 0.25) is 0 Å². The number of hydrogen-bond acceptors (Lipinski definition) is 2. The van der Waals surface area contributed by atoms with E-state index in [0.29, 0.717) is 19.1 Å². The van der Waals surface area contributed by atoms with E-state index < -0.39 is 0 Å². The Labute approximate surface area is 122 Å². The van der Waals surface area contributed by atoms with Gasteiger partial charge in [0, 0.05) is 19.6 Å². The number of ether oxygens (including phenoxy) is 1. The molecule has 1 aliphatic rings. The third kappa shape index (κ3) is 4.96.